The first-order valence-corrected chi connectivity index (χ1v) is 7.34. The summed E-state index contributed by atoms with van der Waals surface area (Å²) in [7, 11) is 0. The monoisotopic (exact) mass is 296 g/mol. The zero-order valence-corrected chi connectivity index (χ0v) is 11.8. The molecule has 21 heavy (non-hydrogen) atoms. The smallest absolute Gasteiger partial charge is 0.152 e. The van der Waals surface area contributed by atoms with Crippen LogP contribution in [0.3, 0.4) is 0 Å². The number of nitrogens with one attached hydrogen (secondary N) is 1. The summed E-state index contributed by atoms with van der Waals surface area (Å²) in [5.74, 6) is 6.92. The molecule has 4 rings (SSSR count). The van der Waals surface area contributed by atoms with Gasteiger partial charge >= 0.3 is 0 Å². The maximum absolute atomic E-state index is 5.55. The summed E-state index contributed by atoms with van der Waals surface area (Å²) >= 11 is 1.58. The number of nitrogens with two attached hydrogens (primary N) is 1. The third-order valence-electron chi connectivity index (χ3n) is 3.35. The van der Waals surface area contributed by atoms with Crippen molar-refractivity contribution in [2.75, 3.05) is 5.43 Å². The van der Waals surface area contributed by atoms with Crippen molar-refractivity contribution in [1.82, 2.24) is 19.5 Å². The van der Waals surface area contributed by atoms with E-state index in [4.69, 9.17) is 5.84 Å². The Labute approximate surface area is 124 Å². The van der Waals surface area contributed by atoms with E-state index in [1.807, 2.05) is 46.6 Å². The molecule has 0 bridgehead atoms. The molecule has 0 saturated carbocycles. The fourth-order valence-electron chi connectivity index (χ4n) is 2.37. The topological polar surface area (TPSA) is 81.6 Å². The molecule has 3 N–H and O–H groups in total. The van der Waals surface area contributed by atoms with Crippen LogP contribution >= 0.6 is 11.3 Å². The molecular formula is C14H12N6S. The number of imidazole rings is 1. The number of nitrogens with zero attached hydrogens (tertiary/aromatic N) is 4. The lowest BCUT2D eigenvalue weighted by molar-refractivity contribution is 0.771. The van der Waals surface area contributed by atoms with Crippen LogP contribution in [0.25, 0.3) is 21.3 Å². The Bertz CT molecular complexity index is 925. The molecule has 0 aliphatic carbocycles. The van der Waals surface area contributed by atoms with Crippen LogP contribution in [0.1, 0.15) is 5.82 Å². The molecule has 104 valence electrons. The molecule has 3 heterocycles. The van der Waals surface area contributed by atoms with Gasteiger partial charge in [-0.15, -0.1) is 11.3 Å². The van der Waals surface area contributed by atoms with Gasteiger partial charge in [0.25, 0.3) is 0 Å². The lowest BCUT2D eigenvalue weighted by atomic mass is 10.3. The first-order chi connectivity index (χ1) is 10.3. The number of aromatic nitrogens is 4. The second-order valence-electron chi connectivity index (χ2n) is 4.63. The largest absolute Gasteiger partial charge is 0.323 e. The first-order valence-electron chi connectivity index (χ1n) is 6.46. The average Bonchev–Trinajstić information content (AvgIpc) is 3.14. The van der Waals surface area contributed by atoms with Gasteiger partial charge in [0, 0.05) is 0 Å². The second-order valence-corrected chi connectivity index (χ2v) is 5.53. The van der Waals surface area contributed by atoms with E-state index < -0.39 is 0 Å². The maximum atomic E-state index is 5.55. The highest BCUT2D eigenvalue weighted by molar-refractivity contribution is 7.16. The van der Waals surface area contributed by atoms with Crippen LogP contribution in [0, 0.1) is 0 Å². The Morgan fingerprint density at radius 3 is 3.00 bits per heavy atom. The number of hydrogen-bond donors (Lipinski definition) is 2. The van der Waals surface area contributed by atoms with Gasteiger partial charge in [0.15, 0.2) is 11.6 Å². The highest BCUT2D eigenvalue weighted by Gasteiger charge is 2.10. The van der Waals surface area contributed by atoms with Crippen molar-refractivity contribution in [2.45, 2.75) is 6.54 Å². The molecular weight excluding hydrogens is 284 g/mol. The van der Waals surface area contributed by atoms with Crippen LogP contribution in [0.5, 0.6) is 0 Å². The molecule has 4 aromatic rings. The van der Waals surface area contributed by atoms with Gasteiger partial charge in [-0.1, -0.05) is 12.1 Å². The molecule has 0 spiro atoms. The molecule has 0 radical (unpaired) electrons. The number of hydrazine groups is 1. The minimum absolute atomic E-state index is 0.559. The van der Waals surface area contributed by atoms with Crippen LogP contribution < -0.4 is 11.3 Å². The Morgan fingerprint density at radius 1 is 1.19 bits per heavy atom. The number of nitrogen functional groups attached to an aromatic ring is 1. The fourth-order valence-corrected chi connectivity index (χ4v) is 3.15. The SMILES string of the molecule is NNc1nc(Cn2cnc3ccccc32)nc2sccc12. The minimum Gasteiger partial charge on any atom is -0.323 e. The van der Waals surface area contributed by atoms with E-state index in [1.165, 1.54) is 0 Å². The summed E-state index contributed by atoms with van der Waals surface area (Å²) in [6, 6.07) is 9.96. The third-order valence-corrected chi connectivity index (χ3v) is 4.15. The molecule has 0 fully saturated rings. The lowest BCUT2D eigenvalue weighted by Crippen LogP contribution is -2.12. The van der Waals surface area contributed by atoms with Crippen molar-refractivity contribution < 1.29 is 0 Å². The van der Waals surface area contributed by atoms with Crippen LogP contribution in [-0.2, 0) is 6.54 Å². The summed E-state index contributed by atoms with van der Waals surface area (Å²) in [5.41, 5.74) is 4.67. The predicted molar refractivity (Wildman–Crippen MR) is 84.1 cm³/mol. The summed E-state index contributed by atoms with van der Waals surface area (Å²) in [5, 5.41) is 2.93. The minimum atomic E-state index is 0.559. The van der Waals surface area contributed by atoms with Gasteiger partial charge < -0.3 is 9.99 Å². The number of hydrogen-bond acceptors (Lipinski definition) is 6. The first kappa shape index (κ1) is 12.2. The van der Waals surface area contributed by atoms with Crippen molar-refractivity contribution in [3.63, 3.8) is 0 Å². The van der Waals surface area contributed by atoms with Gasteiger partial charge in [0.05, 0.1) is 29.3 Å². The van der Waals surface area contributed by atoms with Gasteiger partial charge in [-0.2, -0.15) is 0 Å². The van der Waals surface area contributed by atoms with Gasteiger partial charge in [-0.3, -0.25) is 0 Å². The number of rotatable bonds is 3. The number of benzene rings is 1. The van der Waals surface area contributed by atoms with Gasteiger partial charge in [0.1, 0.15) is 4.83 Å². The Kier molecular flexibility index (Phi) is 2.80. The van der Waals surface area contributed by atoms with Crippen molar-refractivity contribution in [1.29, 1.82) is 0 Å². The van der Waals surface area contributed by atoms with E-state index >= 15 is 0 Å². The number of fused-ring (bicyclic) bond motifs is 2. The molecule has 0 aliphatic rings. The fraction of sp³-hybridized carbons (Fsp3) is 0.0714. The summed E-state index contributed by atoms with van der Waals surface area (Å²) in [4.78, 5) is 14.4. The zero-order valence-electron chi connectivity index (χ0n) is 11.0. The Morgan fingerprint density at radius 2 is 2.10 bits per heavy atom. The van der Waals surface area contributed by atoms with E-state index in [1.54, 1.807) is 11.3 Å². The molecule has 3 aromatic heterocycles. The number of anilines is 1. The second kappa shape index (κ2) is 4.80. The molecule has 6 nitrogen and oxygen atoms in total. The maximum Gasteiger partial charge on any atom is 0.152 e. The van der Waals surface area contributed by atoms with E-state index in [9.17, 15) is 0 Å². The van der Waals surface area contributed by atoms with Gasteiger partial charge in [-0.25, -0.2) is 20.8 Å². The standard InChI is InChI=1S/C14H12N6S/c15-19-13-9-5-6-21-14(9)18-12(17-13)7-20-8-16-10-3-1-2-4-11(10)20/h1-6,8H,7,15H2,(H,17,18,19). The van der Waals surface area contributed by atoms with Crippen molar-refractivity contribution >= 4 is 38.4 Å². The van der Waals surface area contributed by atoms with Crippen molar-refractivity contribution in [2.24, 2.45) is 5.84 Å². The number of para-hydroxylation sites is 2. The van der Waals surface area contributed by atoms with Crippen molar-refractivity contribution in [3.05, 3.63) is 47.9 Å². The van der Waals surface area contributed by atoms with Gasteiger partial charge in [-0.05, 0) is 23.6 Å². The van der Waals surface area contributed by atoms with Crippen LogP contribution in [0.2, 0.25) is 0 Å². The Hall–Kier alpha value is -2.51. The van der Waals surface area contributed by atoms with Crippen molar-refractivity contribution in [3.8, 4) is 0 Å². The van der Waals surface area contributed by atoms with E-state index in [0.717, 1.165) is 21.3 Å². The summed E-state index contributed by atoms with van der Waals surface area (Å²) < 4.78 is 2.03. The quantitative estimate of drug-likeness (QED) is 0.448. The Balaban J connectivity index is 1.80. The van der Waals surface area contributed by atoms with E-state index in [2.05, 4.69) is 20.4 Å². The van der Waals surface area contributed by atoms with Crippen LogP contribution in [-0.4, -0.2) is 19.5 Å². The van der Waals surface area contributed by atoms with Crippen LogP contribution in [0.15, 0.2) is 42.0 Å². The molecule has 0 amide bonds. The lowest BCUT2D eigenvalue weighted by Gasteiger charge is -2.06. The molecule has 0 aliphatic heterocycles. The highest BCUT2D eigenvalue weighted by atomic mass is 32.1. The van der Waals surface area contributed by atoms with E-state index in [-0.39, 0.29) is 0 Å². The molecule has 0 unspecified atom stereocenters. The van der Waals surface area contributed by atoms with Gasteiger partial charge in [0.2, 0.25) is 0 Å². The summed E-state index contributed by atoms with van der Waals surface area (Å²) in [6.45, 7) is 0.559. The molecule has 7 heteroatoms. The molecule has 0 atom stereocenters. The summed E-state index contributed by atoms with van der Waals surface area (Å²) in [6.07, 6.45) is 1.81. The molecule has 0 saturated heterocycles. The third kappa shape index (κ3) is 2.03. The van der Waals surface area contributed by atoms with E-state index in [0.29, 0.717) is 18.2 Å². The van der Waals surface area contributed by atoms with Crippen LogP contribution in [0.4, 0.5) is 5.82 Å². The average molecular weight is 296 g/mol. The zero-order chi connectivity index (χ0) is 14.2. The highest BCUT2D eigenvalue weighted by Crippen LogP contribution is 2.25. The predicted octanol–water partition coefficient (Wildman–Crippen LogP) is 2.37. The molecule has 1 aromatic carbocycles. The number of thiophene rings is 1. The normalized spacial score (nSPS) is 11.3.